The van der Waals surface area contributed by atoms with Crippen LogP contribution in [0.15, 0.2) is 71.5 Å². The summed E-state index contributed by atoms with van der Waals surface area (Å²) in [5.41, 5.74) is 5.61. The van der Waals surface area contributed by atoms with Crippen LogP contribution in [0, 0.1) is 0 Å². The van der Waals surface area contributed by atoms with Crippen LogP contribution < -0.4 is 10.1 Å². The monoisotopic (exact) mass is 382 g/mol. The first-order chi connectivity index (χ1) is 14.3. The van der Waals surface area contributed by atoms with E-state index >= 15 is 0 Å². The number of aromatic amines is 1. The summed E-state index contributed by atoms with van der Waals surface area (Å²) >= 11 is 0. The Bertz CT molecular complexity index is 1310. The predicted molar refractivity (Wildman–Crippen MR) is 111 cm³/mol. The maximum Gasteiger partial charge on any atom is 0.225 e. The molecule has 0 saturated carbocycles. The minimum Gasteiger partial charge on any atom is -0.491 e. The summed E-state index contributed by atoms with van der Waals surface area (Å²) in [7, 11) is 0. The van der Waals surface area contributed by atoms with E-state index in [1.165, 1.54) is 5.56 Å². The molecule has 5 heterocycles. The first-order valence-electron chi connectivity index (χ1n) is 9.61. The van der Waals surface area contributed by atoms with Crippen molar-refractivity contribution in [2.45, 2.75) is 12.6 Å². The topological polar surface area (TPSA) is 76.0 Å². The van der Waals surface area contributed by atoms with Gasteiger partial charge in [0.2, 0.25) is 5.71 Å². The number of aromatic nitrogens is 3. The molecular formula is C23H18N4O2. The first kappa shape index (κ1) is 16.3. The highest BCUT2D eigenvalue weighted by Gasteiger charge is 2.19. The normalized spacial score (nSPS) is 16.5. The van der Waals surface area contributed by atoms with E-state index in [0.29, 0.717) is 12.3 Å². The lowest BCUT2D eigenvalue weighted by Gasteiger charge is -2.14. The number of benzene rings is 1. The molecule has 142 valence electrons. The van der Waals surface area contributed by atoms with Gasteiger partial charge in [-0.1, -0.05) is 18.2 Å². The Morgan fingerprint density at radius 1 is 1.00 bits per heavy atom. The molecule has 1 aliphatic rings. The minimum atomic E-state index is 0.0301. The van der Waals surface area contributed by atoms with Crippen molar-refractivity contribution in [2.75, 3.05) is 6.61 Å². The molecule has 0 fully saturated rings. The molecule has 6 heteroatoms. The molecule has 0 bridgehead atoms. The molecule has 0 spiro atoms. The molecule has 1 unspecified atom stereocenters. The summed E-state index contributed by atoms with van der Waals surface area (Å²) in [6.07, 6.45) is 3.47. The van der Waals surface area contributed by atoms with Gasteiger partial charge in [0, 0.05) is 40.3 Å². The van der Waals surface area contributed by atoms with Crippen molar-refractivity contribution < 1.29 is 9.15 Å². The number of para-hydroxylation sites is 1. The van der Waals surface area contributed by atoms with Gasteiger partial charge in [0.1, 0.15) is 18.0 Å². The quantitative estimate of drug-likeness (QED) is 0.467. The van der Waals surface area contributed by atoms with Crippen LogP contribution in [0.2, 0.25) is 0 Å². The minimum absolute atomic E-state index is 0.0301. The molecule has 0 aliphatic carbocycles. The third-order valence-corrected chi connectivity index (χ3v) is 5.39. The average Bonchev–Trinajstić information content (AvgIpc) is 3.34. The molecular weight excluding hydrogens is 364 g/mol. The van der Waals surface area contributed by atoms with Crippen molar-refractivity contribution in [3.05, 3.63) is 78.3 Å². The van der Waals surface area contributed by atoms with Crippen LogP contribution in [-0.2, 0) is 6.54 Å². The molecule has 1 aliphatic heterocycles. The molecule has 2 N–H and O–H groups in total. The van der Waals surface area contributed by atoms with Gasteiger partial charge >= 0.3 is 0 Å². The van der Waals surface area contributed by atoms with E-state index in [9.17, 15) is 0 Å². The molecule has 1 aromatic carbocycles. The van der Waals surface area contributed by atoms with Crippen LogP contribution in [0.4, 0.5) is 0 Å². The van der Waals surface area contributed by atoms with E-state index in [1.54, 1.807) is 6.26 Å². The fourth-order valence-corrected chi connectivity index (χ4v) is 3.82. The van der Waals surface area contributed by atoms with Gasteiger partial charge < -0.3 is 19.5 Å². The second-order valence-corrected chi connectivity index (χ2v) is 7.25. The zero-order valence-electron chi connectivity index (χ0n) is 15.6. The second-order valence-electron chi connectivity index (χ2n) is 7.25. The summed E-state index contributed by atoms with van der Waals surface area (Å²) in [6, 6.07) is 18.4. The lowest BCUT2D eigenvalue weighted by molar-refractivity contribution is 0.278. The van der Waals surface area contributed by atoms with Crippen LogP contribution in [0.1, 0.15) is 17.3 Å². The summed E-state index contributed by atoms with van der Waals surface area (Å²) in [4.78, 5) is 12.7. The van der Waals surface area contributed by atoms with Crippen LogP contribution >= 0.6 is 0 Å². The zero-order valence-corrected chi connectivity index (χ0v) is 15.6. The van der Waals surface area contributed by atoms with Crippen molar-refractivity contribution in [1.82, 2.24) is 20.3 Å². The molecule has 1 atom stereocenters. The second kappa shape index (κ2) is 6.46. The smallest absolute Gasteiger partial charge is 0.225 e. The van der Waals surface area contributed by atoms with Crippen molar-refractivity contribution in [3.8, 4) is 17.0 Å². The first-order valence-corrected chi connectivity index (χ1v) is 9.61. The predicted octanol–water partition coefficient (Wildman–Crippen LogP) is 4.59. The van der Waals surface area contributed by atoms with E-state index in [1.807, 2.05) is 30.5 Å². The number of ether oxygens (including phenoxy) is 1. The number of furan rings is 1. The van der Waals surface area contributed by atoms with Gasteiger partial charge in [-0.2, -0.15) is 0 Å². The van der Waals surface area contributed by atoms with Crippen molar-refractivity contribution >= 4 is 22.1 Å². The average molecular weight is 382 g/mol. The van der Waals surface area contributed by atoms with Crippen LogP contribution in [0.3, 0.4) is 0 Å². The van der Waals surface area contributed by atoms with E-state index in [0.717, 1.165) is 45.7 Å². The number of H-pyrrole nitrogens is 1. The van der Waals surface area contributed by atoms with E-state index in [2.05, 4.69) is 45.6 Å². The Morgan fingerprint density at radius 3 is 2.97 bits per heavy atom. The molecule has 0 amide bonds. The number of pyridine rings is 2. The summed E-state index contributed by atoms with van der Waals surface area (Å²) in [5.74, 6) is 0.938. The third kappa shape index (κ3) is 2.85. The lowest BCUT2D eigenvalue weighted by Crippen LogP contribution is -2.24. The van der Waals surface area contributed by atoms with Gasteiger partial charge in [-0.25, -0.2) is 9.97 Å². The van der Waals surface area contributed by atoms with Crippen LogP contribution in [-0.4, -0.2) is 21.6 Å². The summed E-state index contributed by atoms with van der Waals surface area (Å²) < 4.78 is 11.3. The molecule has 6 nitrogen and oxygen atoms in total. The SMILES string of the molecule is c1ccc2c(c1)CNC(c1ccc3cc(-c4cnc5occc5c4)[nH]c3n1)CO2. The molecule has 5 aromatic rings. The van der Waals surface area contributed by atoms with E-state index < -0.39 is 0 Å². The summed E-state index contributed by atoms with van der Waals surface area (Å²) in [5, 5.41) is 5.60. The van der Waals surface area contributed by atoms with Crippen molar-refractivity contribution in [3.63, 3.8) is 0 Å². The highest BCUT2D eigenvalue weighted by molar-refractivity contribution is 5.86. The number of hydrogen-bond acceptors (Lipinski definition) is 5. The van der Waals surface area contributed by atoms with E-state index in [4.69, 9.17) is 14.1 Å². The number of nitrogens with one attached hydrogen (secondary N) is 2. The third-order valence-electron chi connectivity index (χ3n) is 5.39. The molecule has 0 saturated heterocycles. The standard InChI is InChI=1S/C23H18N4O2/c1-2-4-21-16(3-1)11-24-20(13-29-21)18-6-5-14-10-19(27-22(14)26-18)17-9-15-7-8-28-23(15)25-12-17/h1-10,12,20,24H,11,13H2,(H,26,27). The Balaban J connectivity index is 1.32. The number of nitrogens with zero attached hydrogens (tertiary/aromatic N) is 2. The number of rotatable bonds is 2. The highest BCUT2D eigenvalue weighted by Crippen LogP contribution is 2.28. The number of fused-ring (bicyclic) bond motifs is 3. The largest absolute Gasteiger partial charge is 0.491 e. The highest BCUT2D eigenvalue weighted by atomic mass is 16.5. The Hall–Kier alpha value is -3.64. The van der Waals surface area contributed by atoms with Crippen molar-refractivity contribution in [2.24, 2.45) is 0 Å². The molecule has 29 heavy (non-hydrogen) atoms. The number of hydrogen-bond donors (Lipinski definition) is 2. The van der Waals surface area contributed by atoms with E-state index in [-0.39, 0.29) is 6.04 Å². The zero-order chi connectivity index (χ0) is 19.2. The van der Waals surface area contributed by atoms with Gasteiger partial charge in [0.25, 0.3) is 0 Å². The Labute approximate surface area is 166 Å². The fourth-order valence-electron chi connectivity index (χ4n) is 3.82. The van der Waals surface area contributed by atoms with Gasteiger partial charge in [-0.05, 0) is 36.4 Å². The van der Waals surface area contributed by atoms with Crippen LogP contribution in [0.25, 0.3) is 33.4 Å². The van der Waals surface area contributed by atoms with Crippen LogP contribution in [0.5, 0.6) is 5.75 Å². The molecule has 4 aromatic heterocycles. The Kier molecular flexibility index (Phi) is 3.64. The van der Waals surface area contributed by atoms with Gasteiger partial charge in [0.05, 0.1) is 18.0 Å². The molecule has 0 radical (unpaired) electrons. The maximum absolute atomic E-state index is 6.01. The van der Waals surface area contributed by atoms with Gasteiger partial charge in [-0.3, -0.25) is 0 Å². The maximum atomic E-state index is 6.01. The van der Waals surface area contributed by atoms with Gasteiger partial charge in [0.15, 0.2) is 0 Å². The Morgan fingerprint density at radius 2 is 1.97 bits per heavy atom. The molecule has 6 rings (SSSR count). The lowest BCUT2D eigenvalue weighted by atomic mass is 10.1. The fraction of sp³-hybridized carbons (Fsp3) is 0.130. The van der Waals surface area contributed by atoms with Gasteiger partial charge in [-0.15, -0.1) is 0 Å². The van der Waals surface area contributed by atoms with Crippen molar-refractivity contribution in [1.29, 1.82) is 0 Å². The summed E-state index contributed by atoms with van der Waals surface area (Å²) in [6.45, 7) is 1.30.